The van der Waals surface area contributed by atoms with Gasteiger partial charge in [-0.15, -0.1) is 0 Å². The molecule has 0 spiro atoms. The molecule has 2 rings (SSSR count). The molecule has 0 bridgehead atoms. The van der Waals surface area contributed by atoms with Crippen molar-refractivity contribution in [1.29, 1.82) is 0 Å². The minimum Gasteiger partial charge on any atom is -0.497 e. The van der Waals surface area contributed by atoms with Crippen LogP contribution in [0.2, 0.25) is 0 Å². The molecular weight excluding hydrogens is 314 g/mol. The van der Waals surface area contributed by atoms with Gasteiger partial charge in [0.2, 0.25) is 0 Å². The molecule has 0 saturated heterocycles. The molecule has 1 atom stereocenters. The molecule has 0 fully saturated rings. The van der Waals surface area contributed by atoms with Crippen molar-refractivity contribution < 1.29 is 13.5 Å². The molecular formula is C15H13BrF2O. The number of aryl methyl sites for hydroxylation is 1. The van der Waals surface area contributed by atoms with Crippen LogP contribution in [0, 0.1) is 18.6 Å². The fraction of sp³-hybridized carbons (Fsp3) is 0.200. The molecule has 2 aromatic rings. The van der Waals surface area contributed by atoms with Crippen LogP contribution in [0.5, 0.6) is 5.75 Å². The van der Waals surface area contributed by atoms with E-state index in [1.807, 2.05) is 0 Å². The number of benzene rings is 2. The lowest BCUT2D eigenvalue weighted by Gasteiger charge is -2.14. The zero-order valence-corrected chi connectivity index (χ0v) is 12.2. The summed E-state index contributed by atoms with van der Waals surface area (Å²) in [7, 11) is 1.47. The second-order valence-corrected chi connectivity index (χ2v) is 5.14. The maximum absolute atomic E-state index is 14.0. The van der Waals surface area contributed by atoms with Crippen molar-refractivity contribution >= 4 is 15.9 Å². The lowest BCUT2D eigenvalue weighted by molar-refractivity contribution is 0.411. The summed E-state index contributed by atoms with van der Waals surface area (Å²) in [5.74, 6) is -0.313. The van der Waals surface area contributed by atoms with Gasteiger partial charge in [-0.05, 0) is 18.6 Å². The molecule has 0 aliphatic rings. The van der Waals surface area contributed by atoms with Crippen molar-refractivity contribution in [3.63, 3.8) is 0 Å². The highest BCUT2D eigenvalue weighted by atomic mass is 79.9. The van der Waals surface area contributed by atoms with Crippen molar-refractivity contribution in [2.45, 2.75) is 11.8 Å². The van der Waals surface area contributed by atoms with E-state index in [0.29, 0.717) is 22.4 Å². The number of hydrogen-bond acceptors (Lipinski definition) is 1. The molecule has 4 heteroatoms. The van der Waals surface area contributed by atoms with Crippen LogP contribution in [0.3, 0.4) is 0 Å². The molecule has 19 heavy (non-hydrogen) atoms. The van der Waals surface area contributed by atoms with Gasteiger partial charge in [0, 0.05) is 17.2 Å². The molecule has 0 heterocycles. The first-order valence-corrected chi connectivity index (χ1v) is 6.68. The fourth-order valence-corrected chi connectivity index (χ4v) is 2.60. The highest BCUT2D eigenvalue weighted by molar-refractivity contribution is 9.09. The Morgan fingerprint density at radius 2 is 1.84 bits per heavy atom. The first-order chi connectivity index (χ1) is 9.04. The Hall–Kier alpha value is -1.42. The van der Waals surface area contributed by atoms with E-state index in [1.54, 1.807) is 37.3 Å². The first kappa shape index (κ1) is 14.0. The normalized spacial score (nSPS) is 12.3. The number of halogens is 3. The van der Waals surface area contributed by atoms with Gasteiger partial charge in [-0.2, -0.15) is 0 Å². The quantitative estimate of drug-likeness (QED) is 0.738. The van der Waals surface area contributed by atoms with E-state index < -0.39 is 10.6 Å². The van der Waals surface area contributed by atoms with Gasteiger partial charge in [0.25, 0.3) is 0 Å². The van der Waals surface area contributed by atoms with Crippen molar-refractivity contribution in [2.75, 3.05) is 7.11 Å². The Bertz CT molecular complexity index is 599. The van der Waals surface area contributed by atoms with Crippen LogP contribution in [0.15, 0.2) is 36.4 Å². The second kappa shape index (κ2) is 5.70. The maximum atomic E-state index is 14.0. The van der Waals surface area contributed by atoms with Crippen molar-refractivity contribution in [2.24, 2.45) is 0 Å². The van der Waals surface area contributed by atoms with E-state index in [4.69, 9.17) is 4.74 Å². The van der Waals surface area contributed by atoms with Crippen molar-refractivity contribution in [3.8, 4) is 5.75 Å². The van der Waals surface area contributed by atoms with Gasteiger partial charge in [-0.25, -0.2) is 8.78 Å². The van der Waals surface area contributed by atoms with Crippen LogP contribution >= 0.6 is 15.9 Å². The fourth-order valence-electron chi connectivity index (χ4n) is 1.87. The Labute approximate surface area is 119 Å². The van der Waals surface area contributed by atoms with Crippen LogP contribution in [0.1, 0.15) is 21.5 Å². The van der Waals surface area contributed by atoms with Crippen LogP contribution in [-0.2, 0) is 0 Å². The van der Waals surface area contributed by atoms with E-state index in [1.165, 1.54) is 13.2 Å². The topological polar surface area (TPSA) is 9.23 Å². The molecule has 0 aromatic heterocycles. The predicted octanol–water partition coefficient (Wildman–Crippen LogP) is 4.77. The molecule has 0 aliphatic carbocycles. The lowest BCUT2D eigenvalue weighted by atomic mass is 10.0. The smallest absolute Gasteiger partial charge is 0.131 e. The van der Waals surface area contributed by atoms with Crippen molar-refractivity contribution in [1.82, 2.24) is 0 Å². The van der Waals surface area contributed by atoms with Gasteiger partial charge in [0.05, 0.1) is 11.9 Å². The molecule has 0 radical (unpaired) electrons. The molecule has 1 nitrogen and oxygen atoms in total. The summed E-state index contributed by atoms with van der Waals surface area (Å²) in [6.07, 6.45) is 0. The average molecular weight is 327 g/mol. The minimum atomic E-state index is -0.529. The highest BCUT2D eigenvalue weighted by Gasteiger charge is 2.19. The van der Waals surface area contributed by atoms with Crippen LogP contribution in [-0.4, -0.2) is 7.11 Å². The van der Waals surface area contributed by atoms with Gasteiger partial charge in [-0.1, -0.05) is 40.2 Å². The lowest BCUT2D eigenvalue weighted by Crippen LogP contribution is -2.01. The summed E-state index contributed by atoms with van der Waals surface area (Å²) in [4.78, 5) is -0.529. The molecule has 0 N–H and O–H groups in total. The predicted molar refractivity (Wildman–Crippen MR) is 74.9 cm³/mol. The number of ether oxygens (including phenoxy) is 1. The van der Waals surface area contributed by atoms with Gasteiger partial charge < -0.3 is 4.74 Å². The molecule has 0 aliphatic heterocycles. The third kappa shape index (κ3) is 2.78. The standard InChI is InChI=1S/C15H13BrF2O/c1-9-4-3-5-12(15(9)18)14(16)11-7-6-10(19-2)8-13(11)17/h3-8,14H,1-2H3. The van der Waals surface area contributed by atoms with Crippen molar-refractivity contribution in [3.05, 3.63) is 64.7 Å². The third-order valence-electron chi connectivity index (χ3n) is 2.98. The van der Waals surface area contributed by atoms with Crippen LogP contribution < -0.4 is 4.74 Å². The summed E-state index contributed by atoms with van der Waals surface area (Å²) in [5, 5.41) is 0. The van der Waals surface area contributed by atoms with E-state index >= 15 is 0 Å². The second-order valence-electron chi connectivity index (χ2n) is 4.23. The largest absolute Gasteiger partial charge is 0.497 e. The molecule has 2 aromatic carbocycles. The Morgan fingerprint density at radius 3 is 2.47 bits per heavy atom. The molecule has 0 saturated carbocycles. The highest BCUT2D eigenvalue weighted by Crippen LogP contribution is 2.35. The summed E-state index contributed by atoms with van der Waals surface area (Å²) in [6.45, 7) is 1.68. The first-order valence-electron chi connectivity index (χ1n) is 5.77. The third-order valence-corrected chi connectivity index (χ3v) is 3.96. The summed E-state index contributed by atoms with van der Waals surface area (Å²) >= 11 is 3.36. The van der Waals surface area contributed by atoms with Gasteiger partial charge in [-0.3, -0.25) is 0 Å². The zero-order chi connectivity index (χ0) is 14.0. The number of hydrogen-bond donors (Lipinski definition) is 0. The number of alkyl halides is 1. The number of methoxy groups -OCH3 is 1. The maximum Gasteiger partial charge on any atom is 0.131 e. The Morgan fingerprint density at radius 1 is 1.11 bits per heavy atom. The van der Waals surface area contributed by atoms with E-state index in [9.17, 15) is 8.78 Å². The Balaban J connectivity index is 2.44. The molecule has 100 valence electrons. The zero-order valence-electron chi connectivity index (χ0n) is 10.6. The average Bonchev–Trinajstić information content (AvgIpc) is 2.41. The monoisotopic (exact) mass is 326 g/mol. The van der Waals surface area contributed by atoms with Crippen LogP contribution in [0.25, 0.3) is 0 Å². The van der Waals surface area contributed by atoms with Gasteiger partial charge >= 0.3 is 0 Å². The molecule has 1 unspecified atom stereocenters. The SMILES string of the molecule is COc1ccc(C(Br)c2cccc(C)c2F)c(F)c1. The van der Waals surface area contributed by atoms with Crippen LogP contribution in [0.4, 0.5) is 8.78 Å². The van der Waals surface area contributed by atoms with Gasteiger partial charge in [0.1, 0.15) is 17.4 Å². The molecule has 0 amide bonds. The summed E-state index contributed by atoms with van der Waals surface area (Å²) in [6, 6.07) is 9.62. The van der Waals surface area contributed by atoms with E-state index in [-0.39, 0.29) is 5.82 Å². The van der Waals surface area contributed by atoms with E-state index in [2.05, 4.69) is 15.9 Å². The minimum absolute atomic E-state index is 0.320. The summed E-state index contributed by atoms with van der Waals surface area (Å²) in [5.41, 5.74) is 1.34. The van der Waals surface area contributed by atoms with Gasteiger partial charge in [0.15, 0.2) is 0 Å². The summed E-state index contributed by atoms with van der Waals surface area (Å²) < 4.78 is 33.0. The Kier molecular flexibility index (Phi) is 4.20. The number of rotatable bonds is 3. The van der Waals surface area contributed by atoms with E-state index in [0.717, 1.165) is 0 Å².